The van der Waals surface area contributed by atoms with Crippen molar-refractivity contribution in [2.24, 2.45) is 5.73 Å². The Morgan fingerprint density at radius 3 is 2.62 bits per heavy atom. The van der Waals surface area contributed by atoms with Crippen LogP contribution in [0.5, 0.6) is 0 Å². The van der Waals surface area contributed by atoms with E-state index in [1.54, 1.807) is 4.57 Å². The number of aromatic carboxylic acids is 1. The smallest absolute Gasteiger partial charge is 0.341 e. The lowest BCUT2D eigenvalue weighted by Gasteiger charge is -2.20. The van der Waals surface area contributed by atoms with Crippen molar-refractivity contribution >= 4 is 52.6 Å². The third-order valence-corrected chi connectivity index (χ3v) is 5.98. The van der Waals surface area contributed by atoms with Gasteiger partial charge in [0.15, 0.2) is 0 Å². The topological polar surface area (TPSA) is 85.3 Å². The molecule has 1 aliphatic carbocycles. The van der Waals surface area contributed by atoms with Crippen LogP contribution in [0.4, 0.5) is 4.39 Å². The van der Waals surface area contributed by atoms with E-state index in [1.807, 2.05) is 13.8 Å². The number of pyridine rings is 1. The molecule has 0 bridgehead atoms. The van der Waals surface area contributed by atoms with Crippen molar-refractivity contribution in [1.82, 2.24) is 4.57 Å². The lowest BCUT2D eigenvalue weighted by molar-refractivity contribution is 0.0695. The number of rotatable bonds is 5. The highest BCUT2D eigenvalue weighted by Gasteiger charge is 2.29. The molecule has 0 aliphatic heterocycles. The highest BCUT2D eigenvalue weighted by atomic mass is 35.5. The van der Waals surface area contributed by atoms with Gasteiger partial charge >= 0.3 is 5.97 Å². The van der Waals surface area contributed by atoms with Crippen molar-refractivity contribution in [3.63, 3.8) is 0 Å². The molecule has 2 aromatic rings. The van der Waals surface area contributed by atoms with E-state index in [9.17, 15) is 19.1 Å². The number of hydrogen-bond donors (Lipinski definition) is 2. The summed E-state index contributed by atoms with van der Waals surface area (Å²) in [7, 11) is 0. The molecule has 0 unspecified atom stereocenters. The normalized spacial score (nSPS) is 14.3. The summed E-state index contributed by atoms with van der Waals surface area (Å²) in [6, 6.07) is 1.16. The molecule has 1 heterocycles. The second kappa shape index (κ2) is 7.38. The molecule has 1 aliphatic rings. The van der Waals surface area contributed by atoms with Crippen LogP contribution in [0, 0.1) is 5.82 Å². The zero-order chi connectivity index (χ0) is 18.5. The fourth-order valence-corrected chi connectivity index (χ4v) is 4.00. The summed E-state index contributed by atoms with van der Waals surface area (Å²) < 4.78 is 16.3. The quantitative estimate of drug-likeness (QED) is 0.711. The number of nitrogens with zero attached hydrogens (tertiary/aromatic N) is 1. The van der Waals surface area contributed by atoms with E-state index in [2.05, 4.69) is 0 Å². The Bertz CT molecular complexity index is 936. The number of carbonyl (C=O) groups is 1. The summed E-state index contributed by atoms with van der Waals surface area (Å²) in [6.45, 7) is 3.65. The Kier molecular flexibility index (Phi) is 5.97. The van der Waals surface area contributed by atoms with Crippen LogP contribution in [0.3, 0.4) is 0 Å². The summed E-state index contributed by atoms with van der Waals surface area (Å²) >= 11 is 7.64. The Balaban J connectivity index is 0.00000243. The van der Waals surface area contributed by atoms with Gasteiger partial charge in [0.1, 0.15) is 11.4 Å². The molecule has 0 radical (unpaired) electrons. The van der Waals surface area contributed by atoms with Crippen LogP contribution in [0.15, 0.2) is 22.0 Å². The molecule has 0 saturated heterocycles. The van der Waals surface area contributed by atoms with Gasteiger partial charge in [-0.2, -0.15) is 0 Å². The number of carboxylic acids is 1. The number of hydrogen-bond acceptors (Lipinski definition) is 4. The molecule has 0 atom stereocenters. The van der Waals surface area contributed by atoms with E-state index in [1.165, 1.54) is 18.0 Å². The fraction of sp³-hybridized carbons (Fsp3) is 0.412. The Labute approximate surface area is 165 Å². The van der Waals surface area contributed by atoms with Gasteiger partial charge in [0, 0.05) is 23.5 Å². The van der Waals surface area contributed by atoms with Gasteiger partial charge in [-0.05, 0) is 32.8 Å². The van der Waals surface area contributed by atoms with E-state index >= 15 is 0 Å². The van der Waals surface area contributed by atoms with Gasteiger partial charge in [-0.25, -0.2) is 9.18 Å². The SMILES string of the molecule is CC(C)(N)CSc1c(F)cc2c(=O)c(C(=O)O)cn(C3CC3)c2c1Cl.Cl. The molecule has 1 aromatic heterocycles. The number of fused-ring (bicyclic) bond motifs is 1. The van der Waals surface area contributed by atoms with Crippen LogP contribution in [0.25, 0.3) is 10.9 Å². The highest BCUT2D eigenvalue weighted by Crippen LogP contribution is 2.42. The van der Waals surface area contributed by atoms with Gasteiger partial charge in [0.05, 0.1) is 20.8 Å². The van der Waals surface area contributed by atoms with Crippen molar-refractivity contribution in [3.8, 4) is 0 Å². The largest absolute Gasteiger partial charge is 0.477 e. The summed E-state index contributed by atoms with van der Waals surface area (Å²) in [5.74, 6) is -1.54. The molecule has 9 heteroatoms. The maximum Gasteiger partial charge on any atom is 0.341 e. The second-order valence-corrected chi connectivity index (χ2v) is 8.35. The molecule has 5 nitrogen and oxygen atoms in total. The molecular formula is C17H19Cl2FN2O3S. The molecule has 0 amide bonds. The van der Waals surface area contributed by atoms with E-state index < -0.39 is 22.8 Å². The Morgan fingerprint density at radius 2 is 2.12 bits per heavy atom. The number of halogens is 3. The molecule has 0 spiro atoms. The van der Waals surface area contributed by atoms with Crippen molar-refractivity contribution < 1.29 is 14.3 Å². The standard InChI is InChI=1S/C17H18ClFN2O3S.ClH/c1-17(2,20)7-25-15-11(19)5-9-13(12(15)18)21(8-3-4-8)6-10(14(9)22)16(23)24;/h5-6,8H,3-4,7,20H2,1-2H3,(H,23,24);1H. The van der Waals surface area contributed by atoms with Crippen molar-refractivity contribution in [3.05, 3.63) is 38.9 Å². The predicted octanol–water partition coefficient (Wildman–Crippen LogP) is 4.08. The molecule has 1 saturated carbocycles. The van der Waals surface area contributed by atoms with Gasteiger partial charge in [-0.15, -0.1) is 24.2 Å². The minimum Gasteiger partial charge on any atom is -0.477 e. The summed E-state index contributed by atoms with van der Waals surface area (Å²) in [5.41, 5.74) is 4.72. The molecule has 3 rings (SSSR count). The van der Waals surface area contributed by atoms with Crippen LogP contribution in [-0.4, -0.2) is 26.9 Å². The predicted molar refractivity (Wildman–Crippen MR) is 105 cm³/mol. The Morgan fingerprint density at radius 1 is 1.50 bits per heavy atom. The summed E-state index contributed by atoms with van der Waals surface area (Å²) in [6.07, 6.45) is 3.04. The molecule has 1 fully saturated rings. The summed E-state index contributed by atoms with van der Waals surface area (Å²) in [5, 5.41) is 9.38. The monoisotopic (exact) mass is 420 g/mol. The number of benzene rings is 1. The minimum atomic E-state index is -1.33. The van der Waals surface area contributed by atoms with Crippen molar-refractivity contribution in [1.29, 1.82) is 0 Å². The number of carboxylic acid groups (broad SMARTS) is 1. The molecule has 142 valence electrons. The van der Waals surface area contributed by atoms with E-state index in [-0.39, 0.29) is 39.3 Å². The molecule has 26 heavy (non-hydrogen) atoms. The first-order chi connectivity index (χ1) is 11.6. The fourth-order valence-electron chi connectivity index (χ4n) is 2.61. The van der Waals surface area contributed by atoms with Crippen molar-refractivity contribution in [2.45, 2.75) is 43.2 Å². The molecule has 1 aromatic carbocycles. The zero-order valence-electron chi connectivity index (χ0n) is 14.2. The van der Waals surface area contributed by atoms with E-state index in [0.717, 1.165) is 18.9 Å². The van der Waals surface area contributed by atoms with Crippen molar-refractivity contribution in [2.75, 3.05) is 5.75 Å². The minimum absolute atomic E-state index is 0. The van der Waals surface area contributed by atoms with Gasteiger partial charge in [-0.3, -0.25) is 4.79 Å². The third kappa shape index (κ3) is 4.01. The average Bonchev–Trinajstić information content (AvgIpc) is 3.31. The van der Waals surface area contributed by atoms with Crippen LogP contribution < -0.4 is 11.2 Å². The lowest BCUT2D eigenvalue weighted by Crippen LogP contribution is -2.34. The van der Waals surface area contributed by atoms with Gasteiger partial charge in [0.25, 0.3) is 0 Å². The van der Waals surface area contributed by atoms with Crippen LogP contribution in [0.1, 0.15) is 43.1 Å². The van der Waals surface area contributed by atoms with Crippen LogP contribution >= 0.6 is 35.8 Å². The number of nitrogens with two attached hydrogens (primary N) is 1. The van der Waals surface area contributed by atoms with Crippen LogP contribution in [0.2, 0.25) is 5.02 Å². The second-order valence-electron chi connectivity index (χ2n) is 6.99. The zero-order valence-corrected chi connectivity index (χ0v) is 16.6. The Hall–Kier alpha value is -1.28. The van der Waals surface area contributed by atoms with Gasteiger partial charge in [-0.1, -0.05) is 11.6 Å². The van der Waals surface area contributed by atoms with Gasteiger partial charge < -0.3 is 15.4 Å². The molecule has 3 N–H and O–H groups in total. The van der Waals surface area contributed by atoms with Gasteiger partial charge in [0.2, 0.25) is 5.43 Å². The molecular weight excluding hydrogens is 402 g/mol. The first-order valence-corrected chi connectivity index (χ1v) is 9.18. The van der Waals surface area contributed by atoms with E-state index in [0.29, 0.717) is 11.3 Å². The maximum absolute atomic E-state index is 14.6. The lowest BCUT2D eigenvalue weighted by atomic mass is 10.1. The average molecular weight is 421 g/mol. The number of thioether (sulfide) groups is 1. The summed E-state index contributed by atoms with van der Waals surface area (Å²) in [4.78, 5) is 24.0. The van der Waals surface area contributed by atoms with Crippen LogP contribution in [-0.2, 0) is 0 Å². The third-order valence-electron chi connectivity index (χ3n) is 3.93. The first kappa shape index (κ1) is 21.0. The maximum atomic E-state index is 14.6. The first-order valence-electron chi connectivity index (χ1n) is 7.82. The number of aromatic nitrogens is 1. The highest BCUT2D eigenvalue weighted by molar-refractivity contribution is 7.99. The van der Waals surface area contributed by atoms with E-state index in [4.69, 9.17) is 17.3 Å².